The molecule has 0 aromatic carbocycles. The summed E-state index contributed by atoms with van der Waals surface area (Å²) in [6, 6.07) is 2.65. The number of rotatable bonds is 2. The highest BCUT2D eigenvalue weighted by atomic mass is 15.1. The molecule has 0 spiro atoms. The van der Waals surface area contributed by atoms with Crippen molar-refractivity contribution >= 4 is 0 Å². The third kappa shape index (κ3) is 1.67. The molecule has 1 saturated heterocycles. The van der Waals surface area contributed by atoms with Gasteiger partial charge in [-0.3, -0.25) is 5.32 Å². The van der Waals surface area contributed by atoms with Gasteiger partial charge in [-0.1, -0.05) is 0 Å². The maximum Gasteiger partial charge on any atom is 0.0927 e. The Morgan fingerprint density at radius 1 is 1.78 bits per heavy atom. The molecule has 2 N–H and O–H groups in total. The first kappa shape index (κ1) is 6.53. The summed E-state index contributed by atoms with van der Waals surface area (Å²) < 4.78 is 0. The highest BCUT2D eigenvalue weighted by Gasteiger charge is 2.17. The SMILES string of the molecule is C[C@@H](C#N)NC1CNC1. The summed E-state index contributed by atoms with van der Waals surface area (Å²) in [5.41, 5.74) is 0. The molecule has 3 heteroatoms. The maximum atomic E-state index is 8.37. The summed E-state index contributed by atoms with van der Waals surface area (Å²) in [4.78, 5) is 0. The molecule has 1 rings (SSSR count). The fourth-order valence-corrected chi connectivity index (χ4v) is 0.797. The van der Waals surface area contributed by atoms with Crippen molar-refractivity contribution in [2.24, 2.45) is 0 Å². The fourth-order valence-electron chi connectivity index (χ4n) is 0.797. The van der Waals surface area contributed by atoms with Crippen molar-refractivity contribution in [1.82, 2.24) is 10.6 Å². The molecule has 1 heterocycles. The monoisotopic (exact) mass is 125 g/mol. The largest absolute Gasteiger partial charge is 0.314 e. The standard InChI is InChI=1S/C6H11N3/c1-5(2-7)9-6-3-8-4-6/h5-6,8-9H,3-4H2,1H3/t5-/m0/s1. The maximum absolute atomic E-state index is 8.37. The van der Waals surface area contributed by atoms with E-state index in [0.717, 1.165) is 13.1 Å². The van der Waals surface area contributed by atoms with Crippen molar-refractivity contribution in [1.29, 1.82) is 5.26 Å². The molecule has 0 amide bonds. The van der Waals surface area contributed by atoms with E-state index in [1.54, 1.807) is 0 Å². The minimum Gasteiger partial charge on any atom is -0.314 e. The Labute approximate surface area is 55.1 Å². The Morgan fingerprint density at radius 3 is 2.78 bits per heavy atom. The van der Waals surface area contributed by atoms with Crippen LogP contribution in [-0.2, 0) is 0 Å². The van der Waals surface area contributed by atoms with Crippen LogP contribution in [0.3, 0.4) is 0 Å². The summed E-state index contributed by atoms with van der Waals surface area (Å²) in [6.07, 6.45) is 0. The Bertz CT molecular complexity index is 123. The molecule has 1 fully saturated rings. The molecule has 1 aliphatic heterocycles. The number of hydrogen-bond acceptors (Lipinski definition) is 3. The molecule has 0 bridgehead atoms. The minimum atomic E-state index is -0.00269. The highest BCUT2D eigenvalue weighted by molar-refractivity contribution is 4.92. The van der Waals surface area contributed by atoms with Gasteiger partial charge in [-0.15, -0.1) is 0 Å². The number of nitrogens with one attached hydrogen (secondary N) is 2. The van der Waals surface area contributed by atoms with Gasteiger partial charge in [-0.25, -0.2) is 0 Å². The van der Waals surface area contributed by atoms with Crippen LogP contribution in [0.2, 0.25) is 0 Å². The first-order valence-electron chi connectivity index (χ1n) is 3.19. The van der Waals surface area contributed by atoms with Crippen molar-refractivity contribution < 1.29 is 0 Å². The van der Waals surface area contributed by atoms with Gasteiger partial charge in [0.25, 0.3) is 0 Å². The molecule has 1 aliphatic rings. The van der Waals surface area contributed by atoms with Gasteiger partial charge in [-0.05, 0) is 6.92 Å². The van der Waals surface area contributed by atoms with Crippen LogP contribution in [0.15, 0.2) is 0 Å². The Balaban J connectivity index is 2.10. The lowest BCUT2D eigenvalue weighted by molar-refractivity contribution is 0.356. The van der Waals surface area contributed by atoms with Crippen LogP contribution in [0.25, 0.3) is 0 Å². The molecule has 50 valence electrons. The van der Waals surface area contributed by atoms with E-state index in [-0.39, 0.29) is 6.04 Å². The molecule has 1 atom stereocenters. The lowest BCUT2D eigenvalue weighted by Crippen LogP contribution is -2.57. The van der Waals surface area contributed by atoms with E-state index in [4.69, 9.17) is 5.26 Å². The zero-order valence-corrected chi connectivity index (χ0v) is 5.52. The normalized spacial score (nSPS) is 22.2. The second kappa shape index (κ2) is 2.81. The zero-order valence-electron chi connectivity index (χ0n) is 5.52. The fraction of sp³-hybridized carbons (Fsp3) is 0.833. The molecule has 0 radical (unpaired) electrons. The minimum absolute atomic E-state index is 0.00269. The van der Waals surface area contributed by atoms with E-state index in [2.05, 4.69) is 16.7 Å². The van der Waals surface area contributed by atoms with Gasteiger partial charge in [-0.2, -0.15) is 5.26 Å². The summed E-state index contributed by atoms with van der Waals surface area (Å²) in [7, 11) is 0. The predicted octanol–water partition coefficient (Wildman–Crippen LogP) is -0.540. The van der Waals surface area contributed by atoms with Crippen molar-refractivity contribution in [2.45, 2.75) is 19.0 Å². The molecule has 0 aliphatic carbocycles. The molecular formula is C6H11N3. The lowest BCUT2D eigenvalue weighted by atomic mass is 10.1. The van der Waals surface area contributed by atoms with Crippen LogP contribution in [0.4, 0.5) is 0 Å². The van der Waals surface area contributed by atoms with Crippen molar-refractivity contribution in [2.75, 3.05) is 13.1 Å². The number of nitrogens with zero attached hydrogens (tertiary/aromatic N) is 1. The van der Waals surface area contributed by atoms with Gasteiger partial charge in [0.1, 0.15) is 0 Å². The van der Waals surface area contributed by atoms with Gasteiger partial charge < -0.3 is 5.32 Å². The molecule has 9 heavy (non-hydrogen) atoms. The van der Waals surface area contributed by atoms with E-state index in [9.17, 15) is 0 Å². The first-order chi connectivity index (χ1) is 4.33. The van der Waals surface area contributed by atoms with E-state index in [0.29, 0.717) is 6.04 Å². The van der Waals surface area contributed by atoms with Crippen molar-refractivity contribution in [3.63, 3.8) is 0 Å². The van der Waals surface area contributed by atoms with Crippen LogP contribution in [-0.4, -0.2) is 25.2 Å². The van der Waals surface area contributed by atoms with Gasteiger partial charge >= 0.3 is 0 Å². The van der Waals surface area contributed by atoms with Gasteiger partial charge in [0.05, 0.1) is 12.1 Å². The van der Waals surface area contributed by atoms with Crippen LogP contribution in [0.5, 0.6) is 0 Å². The Hall–Kier alpha value is -0.590. The zero-order chi connectivity index (χ0) is 6.69. The topological polar surface area (TPSA) is 47.9 Å². The number of nitriles is 1. The van der Waals surface area contributed by atoms with E-state index >= 15 is 0 Å². The van der Waals surface area contributed by atoms with Crippen LogP contribution < -0.4 is 10.6 Å². The van der Waals surface area contributed by atoms with Gasteiger partial charge in [0, 0.05) is 19.1 Å². The molecule has 0 unspecified atom stereocenters. The van der Waals surface area contributed by atoms with Crippen LogP contribution in [0, 0.1) is 11.3 Å². The third-order valence-corrected chi connectivity index (χ3v) is 1.46. The second-order valence-electron chi connectivity index (χ2n) is 2.37. The molecule has 0 saturated carbocycles. The summed E-state index contributed by atoms with van der Waals surface area (Å²) >= 11 is 0. The van der Waals surface area contributed by atoms with Gasteiger partial charge in [0.15, 0.2) is 0 Å². The summed E-state index contributed by atoms with van der Waals surface area (Å²) in [5.74, 6) is 0. The predicted molar refractivity (Wildman–Crippen MR) is 34.9 cm³/mol. The van der Waals surface area contributed by atoms with Crippen LogP contribution >= 0.6 is 0 Å². The third-order valence-electron chi connectivity index (χ3n) is 1.46. The average Bonchev–Trinajstić information content (AvgIpc) is 1.78. The average molecular weight is 125 g/mol. The Morgan fingerprint density at radius 2 is 2.44 bits per heavy atom. The molecule has 3 nitrogen and oxygen atoms in total. The Kier molecular flexibility index (Phi) is 2.04. The summed E-state index contributed by atoms with van der Waals surface area (Å²) in [6.45, 7) is 3.89. The molecule has 0 aromatic heterocycles. The molecular weight excluding hydrogens is 114 g/mol. The van der Waals surface area contributed by atoms with Crippen molar-refractivity contribution in [3.05, 3.63) is 0 Å². The van der Waals surface area contributed by atoms with E-state index in [1.807, 2.05) is 6.92 Å². The second-order valence-corrected chi connectivity index (χ2v) is 2.37. The molecule has 0 aromatic rings. The van der Waals surface area contributed by atoms with Crippen molar-refractivity contribution in [3.8, 4) is 6.07 Å². The first-order valence-corrected chi connectivity index (χ1v) is 3.19. The van der Waals surface area contributed by atoms with E-state index < -0.39 is 0 Å². The highest BCUT2D eigenvalue weighted by Crippen LogP contribution is 1.91. The lowest BCUT2D eigenvalue weighted by Gasteiger charge is -2.28. The van der Waals surface area contributed by atoms with E-state index in [1.165, 1.54) is 0 Å². The van der Waals surface area contributed by atoms with Gasteiger partial charge in [0.2, 0.25) is 0 Å². The smallest absolute Gasteiger partial charge is 0.0927 e. The summed E-state index contributed by atoms with van der Waals surface area (Å²) in [5, 5.41) is 14.6. The van der Waals surface area contributed by atoms with Crippen LogP contribution in [0.1, 0.15) is 6.92 Å². The number of hydrogen-bond donors (Lipinski definition) is 2. The quantitative estimate of drug-likeness (QED) is 0.521.